The van der Waals surface area contributed by atoms with Gasteiger partial charge in [0.15, 0.2) is 16.7 Å². The summed E-state index contributed by atoms with van der Waals surface area (Å²) in [6.07, 6.45) is 0.405. The number of anilines is 1. The molecule has 172 valence electrons. The largest absolute Gasteiger partial charge is 0.454 e. The molecule has 11 heteroatoms. The van der Waals surface area contributed by atoms with Crippen molar-refractivity contribution >= 4 is 29.3 Å². The number of halogens is 1. The number of nitrogens with one attached hydrogen (secondary N) is 2. The van der Waals surface area contributed by atoms with Gasteiger partial charge in [0, 0.05) is 31.8 Å². The summed E-state index contributed by atoms with van der Waals surface area (Å²) in [5, 5.41) is 14.0. The van der Waals surface area contributed by atoms with Crippen LogP contribution in [-0.4, -0.2) is 45.2 Å². The van der Waals surface area contributed by atoms with E-state index in [2.05, 4.69) is 20.8 Å². The van der Waals surface area contributed by atoms with Crippen molar-refractivity contribution in [2.75, 3.05) is 18.7 Å². The van der Waals surface area contributed by atoms with Gasteiger partial charge in [0.1, 0.15) is 11.6 Å². The number of aromatic nitrogens is 3. The predicted molar refractivity (Wildman–Crippen MR) is 120 cm³/mol. The zero-order valence-electron chi connectivity index (χ0n) is 18.0. The van der Waals surface area contributed by atoms with Crippen LogP contribution in [0.2, 0.25) is 0 Å². The molecular weight excluding hydrogens is 449 g/mol. The number of ether oxygens (including phenoxy) is 2. The molecule has 1 aliphatic rings. The molecule has 0 fully saturated rings. The maximum atomic E-state index is 13.7. The number of fused-ring (bicyclic) bond motifs is 1. The second kappa shape index (κ2) is 9.90. The van der Waals surface area contributed by atoms with Gasteiger partial charge in [-0.2, -0.15) is 0 Å². The molecule has 1 aliphatic heterocycles. The van der Waals surface area contributed by atoms with Crippen molar-refractivity contribution in [3.05, 3.63) is 59.7 Å². The van der Waals surface area contributed by atoms with Crippen LogP contribution in [0, 0.1) is 5.82 Å². The first kappa shape index (κ1) is 22.6. The smallest absolute Gasteiger partial charge is 0.254 e. The van der Waals surface area contributed by atoms with Crippen molar-refractivity contribution < 1.29 is 23.5 Å². The van der Waals surface area contributed by atoms with Crippen LogP contribution >= 0.6 is 11.8 Å². The topological polar surface area (TPSA) is 107 Å². The molecule has 0 saturated heterocycles. The first-order valence-electron chi connectivity index (χ1n) is 10.2. The Morgan fingerprint density at radius 1 is 1.18 bits per heavy atom. The van der Waals surface area contributed by atoms with Gasteiger partial charge in [0.25, 0.3) is 5.91 Å². The molecule has 33 heavy (non-hydrogen) atoms. The molecule has 2 aromatic carbocycles. The third-order valence-electron chi connectivity index (χ3n) is 4.97. The Kier molecular flexibility index (Phi) is 6.78. The summed E-state index contributed by atoms with van der Waals surface area (Å²) >= 11 is 1.27. The van der Waals surface area contributed by atoms with E-state index >= 15 is 0 Å². The molecule has 0 spiro atoms. The summed E-state index contributed by atoms with van der Waals surface area (Å²) in [7, 11) is 1.79. The van der Waals surface area contributed by atoms with Crippen molar-refractivity contribution in [3.63, 3.8) is 0 Å². The van der Waals surface area contributed by atoms with Crippen molar-refractivity contribution in [1.82, 2.24) is 20.1 Å². The molecule has 1 atom stereocenters. The van der Waals surface area contributed by atoms with Crippen molar-refractivity contribution in [1.29, 1.82) is 0 Å². The minimum Gasteiger partial charge on any atom is -0.454 e. The van der Waals surface area contributed by atoms with Crippen LogP contribution in [0.4, 0.5) is 10.1 Å². The SMILES string of the molecule is C[C@H](Sc1nnc(CCNC(=O)c2ccccc2F)n1C)C(=O)Nc1ccc2c(c1)OCO2. The number of nitrogens with zero attached hydrogens (tertiary/aromatic N) is 3. The lowest BCUT2D eigenvalue weighted by Crippen LogP contribution is -2.27. The lowest BCUT2D eigenvalue weighted by atomic mass is 10.2. The van der Waals surface area contributed by atoms with Crippen LogP contribution in [0.15, 0.2) is 47.6 Å². The summed E-state index contributed by atoms with van der Waals surface area (Å²) in [6, 6.07) is 11.0. The summed E-state index contributed by atoms with van der Waals surface area (Å²) in [5.41, 5.74) is 0.606. The fraction of sp³-hybridized carbons (Fsp3) is 0.273. The lowest BCUT2D eigenvalue weighted by Gasteiger charge is -2.12. The van der Waals surface area contributed by atoms with E-state index in [9.17, 15) is 14.0 Å². The normalized spacial score (nSPS) is 12.9. The number of benzene rings is 2. The number of rotatable bonds is 8. The third-order valence-corrected chi connectivity index (χ3v) is 6.10. The van der Waals surface area contributed by atoms with E-state index in [4.69, 9.17) is 9.47 Å². The fourth-order valence-corrected chi connectivity index (χ4v) is 3.96. The summed E-state index contributed by atoms with van der Waals surface area (Å²) < 4.78 is 26.1. The van der Waals surface area contributed by atoms with Crippen LogP contribution < -0.4 is 20.1 Å². The van der Waals surface area contributed by atoms with Crippen molar-refractivity contribution in [3.8, 4) is 11.5 Å². The van der Waals surface area contributed by atoms with E-state index in [-0.39, 0.29) is 24.8 Å². The molecule has 2 amide bonds. The Morgan fingerprint density at radius 2 is 1.97 bits per heavy atom. The molecule has 4 rings (SSSR count). The maximum Gasteiger partial charge on any atom is 0.254 e. The molecule has 2 heterocycles. The van der Waals surface area contributed by atoms with Crippen LogP contribution in [0.5, 0.6) is 11.5 Å². The summed E-state index contributed by atoms with van der Waals surface area (Å²) in [4.78, 5) is 24.7. The Balaban J connectivity index is 1.29. The quantitative estimate of drug-likeness (QED) is 0.487. The Morgan fingerprint density at radius 3 is 2.79 bits per heavy atom. The number of hydrogen-bond acceptors (Lipinski definition) is 7. The standard InChI is InChI=1S/C22H22FN5O4S/c1-13(20(29)25-14-7-8-17-18(11-14)32-12-31-17)33-22-27-26-19(28(22)2)9-10-24-21(30)15-5-3-4-6-16(15)23/h3-8,11,13H,9-10,12H2,1-2H3,(H,24,30)(H,25,29)/t13-/m0/s1. The molecule has 1 aromatic heterocycles. The number of carbonyl (C=O) groups excluding carboxylic acids is 2. The Labute approximate surface area is 193 Å². The van der Waals surface area contributed by atoms with Crippen LogP contribution in [-0.2, 0) is 18.3 Å². The highest BCUT2D eigenvalue weighted by Gasteiger charge is 2.20. The molecule has 0 bridgehead atoms. The van der Waals surface area contributed by atoms with Gasteiger partial charge in [-0.3, -0.25) is 9.59 Å². The molecule has 3 aromatic rings. The van der Waals surface area contributed by atoms with Gasteiger partial charge in [-0.15, -0.1) is 10.2 Å². The molecular formula is C22H22FN5O4S. The zero-order valence-corrected chi connectivity index (χ0v) is 18.8. The first-order chi connectivity index (χ1) is 15.9. The van der Waals surface area contributed by atoms with E-state index in [1.165, 1.54) is 30.0 Å². The number of thioether (sulfide) groups is 1. The third kappa shape index (κ3) is 5.25. The maximum absolute atomic E-state index is 13.7. The number of carbonyl (C=O) groups is 2. The van der Waals surface area contributed by atoms with E-state index in [0.29, 0.717) is 34.6 Å². The van der Waals surface area contributed by atoms with E-state index < -0.39 is 17.0 Å². The molecule has 0 aliphatic carbocycles. The monoisotopic (exact) mass is 471 g/mol. The highest BCUT2D eigenvalue weighted by Crippen LogP contribution is 2.34. The first-order valence-corrected chi connectivity index (χ1v) is 11.1. The minimum atomic E-state index is -0.569. The van der Waals surface area contributed by atoms with Crippen LogP contribution in [0.25, 0.3) is 0 Å². The Bertz CT molecular complexity index is 1190. The molecule has 0 radical (unpaired) electrons. The van der Waals surface area contributed by atoms with E-state index in [1.54, 1.807) is 42.8 Å². The van der Waals surface area contributed by atoms with Crippen LogP contribution in [0.3, 0.4) is 0 Å². The van der Waals surface area contributed by atoms with Gasteiger partial charge < -0.3 is 24.7 Å². The summed E-state index contributed by atoms with van der Waals surface area (Å²) in [6.45, 7) is 2.21. The van der Waals surface area contributed by atoms with E-state index in [1.807, 2.05) is 0 Å². The number of amides is 2. The van der Waals surface area contributed by atoms with Crippen molar-refractivity contribution in [2.45, 2.75) is 23.8 Å². The average Bonchev–Trinajstić information content (AvgIpc) is 3.40. The zero-order chi connectivity index (χ0) is 23.4. The molecule has 0 saturated carbocycles. The molecule has 9 nitrogen and oxygen atoms in total. The average molecular weight is 472 g/mol. The predicted octanol–water partition coefficient (Wildman–Crippen LogP) is 2.77. The fourth-order valence-electron chi connectivity index (χ4n) is 3.12. The van der Waals surface area contributed by atoms with E-state index in [0.717, 1.165) is 0 Å². The highest BCUT2D eigenvalue weighted by atomic mass is 32.2. The van der Waals surface area contributed by atoms with Gasteiger partial charge in [0.2, 0.25) is 12.7 Å². The lowest BCUT2D eigenvalue weighted by molar-refractivity contribution is -0.115. The Hall–Kier alpha value is -3.60. The van der Waals surface area contributed by atoms with Gasteiger partial charge in [-0.25, -0.2) is 4.39 Å². The summed E-state index contributed by atoms with van der Waals surface area (Å²) in [5.74, 6) is 0.620. The highest BCUT2D eigenvalue weighted by molar-refractivity contribution is 8.00. The van der Waals surface area contributed by atoms with Crippen LogP contribution in [0.1, 0.15) is 23.1 Å². The van der Waals surface area contributed by atoms with Gasteiger partial charge in [-0.1, -0.05) is 23.9 Å². The van der Waals surface area contributed by atoms with Gasteiger partial charge in [0.05, 0.1) is 10.8 Å². The van der Waals surface area contributed by atoms with Gasteiger partial charge in [-0.05, 0) is 31.2 Å². The minimum absolute atomic E-state index is 0.00555. The number of hydrogen-bond donors (Lipinski definition) is 2. The second-order valence-electron chi connectivity index (χ2n) is 7.26. The van der Waals surface area contributed by atoms with Gasteiger partial charge >= 0.3 is 0 Å². The molecule has 2 N–H and O–H groups in total. The molecule has 0 unspecified atom stereocenters. The second-order valence-corrected chi connectivity index (χ2v) is 8.57. The van der Waals surface area contributed by atoms with Crippen molar-refractivity contribution in [2.24, 2.45) is 7.05 Å².